The zero-order valence-electron chi connectivity index (χ0n) is 14.8. The van der Waals surface area contributed by atoms with Crippen LogP contribution in [0, 0.1) is 5.82 Å². The van der Waals surface area contributed by atoms with E-state index in [0.29, 0.717) is 31.9 Å². The fourth-order valence-electron chi connectivity index (χ4n) is 2.83. The fraction of sp³-hybridized carbons (Fsp3) is 0.412. The van der Waals surface area contributed by atoms with Crippen molar-refractivity contribution in [2.24, 2.45) is 5.73 Å². The average Bonchev–Trinajstić information content (AvgIpc) is 3.17. The van der Waals surface area contributed by atoms with Gasteiger partial charge in [0.2, 0.25) is 0 Å². The zero-order chi connectivity index (χ0) is 19.4. The Bertz CT molecular complexity index is 840. The highest BCUT2D eigenvalue weighted by Gasteiger charge is 2.28. The van der Waals surface area contributed by atoms with Crippen LogP contribution in [-0.2, 0) is 11.2 Å². The van der Waals surface area contributed by atoms with Crippen molar-refractivity contribution >= 4 is 17.6 Å². The van der Waals surface area contributed by atoms with Crippen LogP contribution in [0.3, 0.4) is 0 Å². The van der Waals surface area contributed by atoms with Crippen LogP contribution >= 0.6 is 0 Å². The predicted molar refractivity (Wildman–Crippen MR) is 92.9 cm³/mol. The number of morpholine rings is 1. The van der Waals surface area contributed by atoms with Gasteiger partial charge in [-0.2, -0.15) is 0 Å². The number of rotatable bonds is 6. The number of amides is 2. The maximum absolute atomic E-state index is 14.6. The second kappa shape index (κ2) is 8.12. The molecule has 0 radical (unpaired) electrons. The lowest BCUT2D eigenvalue weighted by Gasteiger charge is -2.36. The van der Waals surface area contributed by atoms with E-state index in [0.717, 1.165) is 6.26 Å². The molecule has 1 saturated heterocycles. The van der Waals surface area contributed by atoms with Crippen molar-refractivity contribution in [2.45, 2.75) is 19.4 Å². The Hall–Kier alpha value is -3.01. The van der Waals surface area contributed by atoms with Crippen LogP contribution in [0.2, 0.25) is 0 Å². The first kappa shape index (κ1) is 18.8. The summed E-state index contributed by atoms with van der Waals surface area (Å²) in [5, 5.41) is 2.70. The molecule has 1 atom stereocenters. The van der Waals surface area contributed by atoms with Crippen molar-refractivity contribution in [1.29, 1.82) is 0 Å². The number of furan rings is 1. The Morgan fingerprint density at radius 2 is 2.26 bits per heavy atom. The standard InChI is InChI=1S/C17H20FN5O4/c1-2-12-14(18)16(22-9-21-12)23-3-4-26-8-11(23)6-20-17(25)13-5-10(7-27-13)15(19)24/h5,7,9,11H,2-4,6,8H2,1H3,(H2,19,24)(H,20,25)/t11-/m0/s1. The Morgan fingerprint density at radius 3 is 2.96 bits per heavy atom. The summed E-state index contributed by atoms with van der Waals surface area (Å²) < 4.78 is 25.1. The molecule has 144 valence electrons. The first-order valence-corrected chi connectivity index (χ1v) is 8.51. The molecule has 0 saturated carbocycles. The van der Waals surface area contributed by atoms with Crippen molar-refractivity contribution in [1.82, 2.24) is 15.3 Å². The van der Waals surface area contributed by atoms with Gasteiger partial charge in [-0.15, -0.1) is 0 Å². The molecule has 0 aliphatic carbocycles. The number of carbonyl (C=O) groups is 2. The van der Waals surface area contributed by atoms with Crippen molar-refractivity contribution in [3.63, 3.8) is 0 Å². The number of ether oxygens (including phenoxy) is 1. The van der Waals surface area contributed by atoms with Crippen LogP contribution in [0.25, 0.3) is 0 Å². The maximum Gasteiger partial charge on any atom is 0.287 e. The molecular weight excluding hydrogens is 357 g/mol. The molecule has 1 aliphatic heterocycles. The van der Waals surface area contributed by atoms with Crippen LogP contribution in [0.1, 0.15) is 33.5 Å². The highest BCUT2D eigenvalue weighted by molar-refractivity contribution is 5.97. The summed E-state index contributed by atoms with van der Waals surface area (Å²) >= 11 is 0. The van der Waals surface area contributed by atoms with Gasteiger partial charge in [0.15, 0.2) is 17.4 Å². The van der Waals surface area contributed by atoms with E-state index in [9.17, 15) is 14.0 Å². The number of anilines is 1. The van der Waals surface area contributed by atoms with Gasteiger partial charge in [0.1, 0.15) is 12.6 Å². The fourth-order valence-corrected chi connectivity index (χ4v) is 2.83. The van der Waals surface area contributed by atoms with Gasteiger partial charge in [0, 0.05) is 19.2 Å². The van der Waals surface area contributed by atoms with Crippen LogP contribution in [0.5, 0.6) is 0 Å². The molecule has 3 rings (SSSR count). The van der Waals surface area contributed by atoms with Crippen molar-refractivity contribution < 1.29 is 23.1 Å². The van der Waals surface area contributed by atoms with Gasteiger partial charge < -0.3 is 25.1 Å². The van der Waals surface area contributed by atoms with Gasteiger partial charge in [-0.05, 0) is 6.42 Å². The normalized spacial score (nSPS) is 17.0. The number of carbonyl (C=O) groups excluding carboxylic acids is 2. The molecule has 27 heavy (non-hydrogen) atoms. The molecule has 0 aromatic carbocycles. The average molecular weight is 377 g/mol. The van der Waals surface area contributed by atoms with Crippen molar-refractivity contribution in [3.05, 3.63) is 41.5 Å². The smallest absolute Gasteiger partial charge is 0.287 e. The second-order valence-electron chi connectivity index (χ2n) is 6.01. The van der Waals surface area contributed by atoms with Gasteiger partial charge in [-0.1, -0.05) is 6.92 Å². The van der Waals surface area contributed by atoms with E-state index in [-0.39, 0.29) is 29.7 Å². The third kappa shape index (κ3) is 4.05. The topological polar surface area (TPSA) is 124 Å². The number of hydrogen-bond acceptors (Lipinski definition) is 7. The first-order valence-electron chi connectivity index (χ1n) is 8.51. The molecule has 0 bridgehead atoms. The lowest BCUT2D eigenvalue weighted by atomic mass is 10.2. The minimum absolute atomic E-state index is 0.0337. The molecule has 1 fully saturated rings. The Labute approximate surface area is 154 Å². The number of nitrogens with two attached hydrogens (primary N) is 1. The van der Waals surface area contributed by atoms with E-state index < -0.39 is 17.6 Å². The van der Waals surface area contributed by atoms with Crippen molar-refractivity contribution in [3.8, 4) is 0 Å². The van der Waals surface area contributed by atoms with E-state index in [1.807, 2.05) is 6.92 Å². The summed E-state index contributed by atoms with van der Waals surface area (Å²) in [7, 11) is 0. The van der Waals surface area contributed by atoms with Gasteiger partial charge in [0.05, 0.1) is 30.5 Å². The summed E-state index contributed by atoms with van der Waals surface area (Å²) in [5.74, 6) is -1.50. The number of halogens is 1. The molecule has 2 amide bonds. The minimum atomic E-state index is -0.685. The SMILES string of the molecule is CCc1ncnc(N2CCOC[C@@H]2CNC(=O)c2cc(C(N)=O)co2)c1F. The number of nitrogens with zero attached hydrogens (tertiary/aromatic N) is 3. The molecular formula is C17H20FN5O4. The summed E-state index contributed by atoms with van der Waals surface area (Å²) in [6.07, 6.45) is 2.90. The van der Waals surface area contributed by atoms with E-state index in [2.05, 4.69) is 15.3 Å². The van der Waals surface area contributed by atoms with Crippen molar-refractivity contribution in [2.75, 3.05) is 31.2 Å². The Kier molecular flexibility index (Phi) is 5.65. The largest absolute Gasteiger partial charge is 0.458 e. The van der Waals surface area contributed by atoms with E-state index in [1.165, 1.54) is 12.4 Å². The van der Waals surface area contributed by atoms with E-state index in [1.54, 1.807) is 4.90 Å². The number of aryl methyl sites for hydroxylation is 1. The maximum atomic E-state index is 14.6. The third-order valence-corrected chi connectivity index (χ3v) is 4.28. The number of primary amides is 1. The van der Waals surface area contributed by atoms with Crippen LogP contribution < -0.4 is 16.0 Å². The summed E-state index contributed by atoms with van der Waals surface area (Å²) in [5.41, 5.74) is 5.58. The first-order chi connectivity index (χ1) is 13.0. The lowest BCUT2D eigenvalue weighted by molar-refractivity contribution is 0.0835. The minimum Gasteiger partial charge on any atom is -0.458 e. The van der Waals surface area contributed by atoms with Gasteiger partial charge in [-0.25, -0.2) is 14.4 Å². The quantitative estimate of drug-likeness (QED) is 0.751. The molecule has 0 unspecified atom stereocenters. The summed E-state index contributed by atoms with van der Waals surface area (Å²) in [6.45, 7) is 3.15. The number of hydrogen-bond donors (Lipinski definition) is 2. The molecule has 3 heterocycles. The Morgan fingerprint density at radius 1 is 1.44 bits per heavy atom. The third-order valence-electron chi connectivity index (χ3n) is 4.28. The van der Waals surface area contributed by atoms with Gasteiger partial charge in [-0.3, -0.25) is 9.59 Å². The predicted octanol–water partition coefficient (Wildman–Crippen LogP) is 0.505. The zero-order valence-corrected chi connectivity index (χ0v) is 14.8. The molecule has 2 aromatic rings. The van der Waals surface area contributed by atoms with E-state index in [4.69, 9.17) is 14.9 Å². The molecule has 1 aliphatic rings. The molecule has 9 nitrogen and oxygen atoms in total. The summed E-state index contributed by atoms with van der Waals surface area (Å²) in [6, 6.07) is 0.951. The molecule has 3 N–H and O–H groups in total. The van der Waals surface area contributed by atoms with Crippen LogP contribution in [0.4, 0.5) is 10.2 Å². The molecule has 0 spiro atoms. The second-order valence-corrected chi connectivity index (χ2v) is 6.01. The Balaban J connectivity index is 1.70. The van der Waals surface area contributed by atoms with E-state index >= 15 is 0 Å². The lowest BCUT2D eigenvalue weighted by Crippen LogP contribution is -2.52. The number of nitrogens with one attached hydrogen (secondary N) is 1. The van der Waals surface area contributed by atoms with Crippen LogP contribution in [-0.4, -0.2) is 54.1 Å². The number of aromatic nitrogens is 2. The molecule has 10 heteroatoms. The van der Waals surface area contributed by atoms with Crippen LogP contribution in [0.15, 0.2) is 23.1 Å². The monoisotopic (exact) mass is 377 g/mol. The highest BCUT2D eigenvalue weighted by Crippen LogP contribution is 2.22. The van der Waals surface area contributed by atoms with Gasteiger partial charge in [0.25, 0.3) is 11.8 Å². The summed E-state index contributed by atoms with van der Waals surface area (Å²) in [4.78, 5) is 33.1. The highest BCUT2D eigenvalue weighted by atomic mass is 19.1. The molecule has 2 aromatic heterocycles. The van der Waals surface area contributed by atoms with Gasteiger partial charge >= 0.3 is 0 Å².